The van der Waals surface area contributed by atoms with Gasteiger partial charge in [-0.3, -0.25) is 14.3 Å². The molecule has 1 aliphatic rings. The molecule has 2 amide bonds. The number of benzene rings is 2. The second-order valence-electron chi connectivity index (χ2n) is 7.65. The third-order valence-corrected chi connectivity index (χ3v) is 6.54. The number of hydrogen-bond donors (Lipinski definition) is 3. The SMILES string of the molecule is CC(=O)Nc1ccc(NS(=O)(=O)c2ccc(C)c(C(=O)NC3CCCCC3)c2)cc1. The highest BCUT2D eigenvalue weighted by molar-refractivity contribution is 7.92. The molecule has 0 bridgehead atoms. The smallest absolute Gasteiger partial charge is 0.261 e. The van der Waals surface area contributed by atoms with Crippen LogP contribution >= 0.6 is 0 Å². The highest BCUT2D eigenvalue weighted by atomic mass is 32.2. The molecule has 1 fully saturated rings. The van der Waals surface area contributed by atoms with Crippen LogP contribution in [0.4, 0.5) is 11.4 Å². The van der Waals surface area contributed by atoms with E-state index in [1.54, 1.807) is 37.3 Å². The van der Waals surface area contributed by atoms with E-state index in [1.807, 2.05) is 0 Å². The van der Waals surface area contributed by atoms with Crippen LogP contribution in [0.1, 0.15) is 54.9 Å². The van der Waals surface area contributed by atoms with E-state index in [-0.39, 0.29) is 22.8 Å². The molecule has 0 heterocycles. The Morgan fingerprint density at radius 2 is 1.57 bits per heavy atom. The number of amides is 2. The molecule has 8 heteroatoms. The van der Waals surface area contributed by atoms with Gasteiger partial charge in [-0.2, -0.15) is 0 Å². The van der Waals surface area contributed by atoms with Crippen molar-refractivity contribution < 1.29 is 18.0 Å². The van der Waals surface area contributed by atoms with Crippen molar-refractivity contribution in [2.75, 3.05) is 10.0 Å². The van der Waals surface area contributed by atoms with Crippen LogP contribution in [0.2, 0.25) is 0 Å². The minimum atomic E-state index is -3.87. The second-order valence-corrected chi connectivity index (χ2v) is 9.33. The molecule has 0 radical (unpaired) electrons. The van der Waals surface area contributed by atoms with Crippen LogP contribution in [0.3, 0.4) is 0 Å². The summed E-state index contributed by atoms with van der Waals surface area (Å²) in [5.74, 6) is -0.446. The summed E-state index contributed by atoms with van der Waals surface area (Å²) in [6.45, 7) is 3.19. The lowest BCUT2D eigenvalue weighted by atomic mass is 9.95. The number of carbonyl (C=O) groups is 2. The van der Waals surface area contributed by atoms with Crippen molar-refractivity contribution in [3.63, 3.8) is 0 Å². The normalized spacial score (nSPS) is 14.7. The first-order chi connectivity index (χ1) is 14.2. The van der Waals surface area contributed by atoms with Gasteiger partial charge in [0.15, 0.2) is 0 Å². The highest BCUT2D eigenvalue weighted by Crippen LogP contribution is 2.22. The Labute approximate surface area is 177 Å². The maximum Gasteiger partial charge on any atom is 0.261 e. The van der Waals surface area contributed by atoms with E-state index in [4.69, 9.17) is 0 Å². The van der Waals surface area contributed by atoms with E-state index in [2.05, 4.69) is 15.4 Å². The molecule has 7 nitrogen and oxygen atoms in total. The molecule has 0 aliphatic heterocycles. The lowest BCUT2D eigenvalue weighted by Gasteiger charge is -2.23. The van der Waals surface area contributed by atoms with Gasteiger partial charge in [0.1, 0.15) is 0 Å². The second kappa shape index (κ2) is 9.30. The van der Waals surface area contributed by atoms with Crippen molar-refractivity contribution in [3.05, 3.63) is 53.6 Å². The van der Waals surface area contributed by atoms with E-state index in [0.717, 1.165) is 31.2 Å². The number of sulfonamides is 1. The molecule has 0 aromatic heterocycles. The van der Waals surface area contributed by atoms with Gasteiger partial charge in [0, 0.05) is 29.9 Å². The predicted octanol–water partition coefficient (Wildman–Crippen LogP) is 3.82. The van der Waals surface area contributed by atoms with Crippen LogP contribution in [0.25, 0.3) is 0 Å². The van der Waals surface area contributed by atoms with Crippen LogP contribution < -0.4 is 15.4 Å². The number of anilines is 2. The fourth-order valence-electron chi connectivity index (χ4n) is 3.56. The van der Waals surface area contributed by atoms with Gasteiger partial charge in [0.25, 0.3) is 15.9 Å². The molecule has 2 aromatic carbocycles. The summed E-state index contributed by atoms with van der Waals surface area (Å²) in [6, 6.07) is 11.0. The van der Waals surface area contributed by atoms with Crippen molar-refractivity contribution in [1.29, 1.82) is 0 Å². The van der Waals surface area contributed by atoms with Crippen molar-refractivity contribution >= 4 is 33.2 Å². The Bertz CT molecular complexity index is 1030. The fraction of sp³-hybridized carbons (Fsp3) is 0.364. The molecule has 0 saturated heterocycles. The molecule has 30 heavy (non-hydrogen) atoms. The third-order valence-electron chi connectivity index (χ3n) is 5.16. The van der Waals surface area contributed by atoms with Crippen LogP contribution in [0.15, 0.2) is 47.4 Å². The lowest BCUT2D eigenvalue weighted by molar-refractivity contribution is -0.114. The molecule has 160 valence electrons. The summed E-state index contributed by atoms with van der Waals surface area (Å²) >= 11 is 0. The molecule has 0 unspecified atom stereocenters. The first-order valence-corrected chi connectivity index (χ1v) is 11.5. The average Bonchev–Trinajstić information content (AvgIpc) is 2.70. The van der Waals surface area contributed by atoms with E-state index >= 15 is 0 Å². The van der Waals surface area contributed by atoms with E-state index in [1.165, 1.54) is 25.5 Å². The van der Waals surface area contributed by atoms with Gasteiger partial charge in [-0.1, -0.05) is 25.3 Å². The zero-order valence-corrected chi connectivity index (χ0v) is 18.0. The Hall–Kier alpha value is -2.87. The Kier molecular flexibility index (Phi) is 6.77. The minimum Gasteiger partial charge on any atom is -0.349 e. The average molecular weight is 430 g/mol. The quantitative estimate of drug-likeness (QED) is 0.649. The van der Waals surface area contributed by atoms with Gasteiger partial charge in [0.05, 0.1) is 4.90 Å². The Balaban J connectivity index is 1.76. The fourth-order valence-corrected chi connectivity index (χ4v) is 4.65. The largest absolute Gasteiger partial charge is 0.349 e. The first kappa shape index (κ1) is 21.8. The molecule has 3 rings (SSSR count). The van der Waals surface area contributed by atoms with Crippen molar-refractivity contribution in [1.82, 2.24) is 5.32 Å². The number of rotatable bonds is 6. The van der Waals surface area contributed by atoms with Gasteiger partial charge in [0.2, 0.25) is 5.91 Å². The van der Waals surface area contributed by atoms with Crippen LogP contribution in [0.5, 0.6) is 0 Å². The Morgan fingerprint density at radius 1 is 0.933 bits per heavy atom. The van der Waals surface area contributed by atoms with E-state index in [9.17, 15) is 18.0 Å². The highest BCUT2D eigenvalue weighted by Gasteiger charge is 2.21. The van der Waals surface area contributed by atoms with Gasteiger partial charge < -0.3 is 10.6 Å². The third kappa shape index (κ3) is 5.60. The molecule has 1 saturated carbocycles. The van der Waals surface area contributed by atoms with Crippen molar-refractivity contribution in [3.8, 4) is 0 Å². The summed E-state index contributed by atoms with van der Waals surface area (Å²) in [6.07, 6.45) is 5.31. The standard InChI is InChI=1S/C22H27N3O4S/c1-15-8-13-20(14-21(15)22(27)24-17-6-4-3-5-7-17)30(28,29)25-19-11-9-18(10-12-19)23-16(2)26/h8-14,17,25H,3-7H2,1-2H3,(H,23,26)(H,24,27). The number of hydrogen-bond acceptors (Lipinski definition) is 4. The predicted molar refractivity (Wildman–Crippen MR) is 117 cm³/mol. The summed E-state index contributed by atoms with van der Waals surface area (Å²) in [5, 5.41) is 5.66. The summed E-state index contributed by atoms with van der Waals surface area (Å²) in [7, 11) is -3.87. The number of carbonyl (C=O) groups excluding carboxylic acids is 2. The van der Waals surface area contributed by atoms with Crippen LogP contribution in [-0.2, 0) is 14.8 Å². The maximum atomic E-state index is 12.8. The van der Waals surface area contributed by atoms with Gasteiger partial charge >= 0.3 is 0 Å². The van der Waals surface area contributed by atoms with Gasteiger partial charge in [-0.15, -0.1) is 0 Å². The Morgan fingerprint density at radius 3 is 2.20 bits per heavy atom. The molecule has 0 atom stereocenters. The molecular formula is C22H27N3O4S. The maximum absolute atomic E-state index is 12.8. The zero-order valence-electron chi connectivity index (χ0n) is 17.2. The molecule has 2 aromatic rings. The minimum absolute atomic E-state index is 0.0211. The molecule has 3 N–H and O–H groups in total. The molecular weight excluding hydrogens is 402 g/mol. The first-order valence-electron chi connectivity index (χ1n) is 10.1. The number of aryl methyl sites for hydroxylation is 1. The van der Waals surface area contributed by atoms with E-state index < -0.39 is 10.0 Å². The van der Waals surface area contributed by atoms with Gasteiger partial charge in [-0.05, 0) is 61.7 Å². The number of nitrogens with one attached hydrogen (secondary N) is 3. The lowest BCUT2D eigenvalue weighted by Crippen LogP contribution is -2.36. The zero-order chi connectivity index (χ0) is 21.7. The summed E-state index contributed by atoms with van der Waals surface area (Å²) in [4.78, 5) is 23.9. The van der Waals surface area contributed by atoms with Gasteiger partial charge in [-0.25, -0.2) is 8.42 Å². The van der Waals surface area contributed by atoms with Crippen LogP contribution in [0, 0.1) is 6.92 Å². The summed E-state index contributed by atoms with van der Waals surface area (Å²) in [5.41, 5.74) is 2.02. The van der Waals surface area contributed by atoms with Crippen LogP contribution in [-0.4, -0.2) is 26.3 Å². The topological polar surface area (TPSA) is 104 Å². The van der Waals surface area contributed by atoms with E-state index in [0.29, 0.717) is 16.9 Å². The summed E-state index contributed by atoms with van der Waals surface area (Å²) < 4.78 is 28.2. The monoisotopic (exact) mass is 429 g/mol. The molecule has 0 spiro atoms. The van der Waals surface area contributed by atoms with Crippen molar-refractivity contribution in [2.24, 2.45) is 0 Å². The van der Waals surface area contributed by atoms with Crippen molar-refractivity contribution in [2.45, 2.75) is 56.9 Å². The molecule has 1 aliphatic carbocycles.